The summed E-state index contributed by atoms with van der Waals surface area (Å²) >= 11 is 0. The lowest BCUT2D eigenvalue weighted by Gasteiger charge is -2.13. The molecule has 1 amide bonds. The Morgan fingerprint density at radius 2 is 2.04 bits per heavy atom. The molecule has 3 rings (SSSR count). The Kier molecular flexibility index (Phi) is 6.15. The van der Waals surface area contributed by atoms with Gasteiger partial charge in [-0.2, -0.15) is 0 Å². The third-order valence-electron chi connectivity index (χ3n) is 4.19. The van der Waals surface area contributed by atoms with Crippen LogP contribution in [0.15, 0.2) is 61.3 Å². The second kappa shape index (κ2) is 8.94. The van der Waals surface area contributed by atoms with Crippen LogP contribution >= 0.6 is 0 Å². The molecule has 0 aliphatic heterocycles. The van der Waals surface area contributed by atoms with Crippen LogP contribution in [0.25, 0.3) is 11.0 Å². The van der Waals surface area contributed by atoms with Crippen LogP contribution in [-0.2, 0) is 0 Å². The van der Waals surface area contributed by atoms with Crippen LogP contribution in [0.2, 0.25) is 0 Å². The number of rotatable bonds is 8. The van der Waals surface area contributed by atoms with Crippen molar-refractivity contribution in [1.29, 1.82) is 0 Å². The van der Waals surface area contributed by atoms with Gasteiger partial charge in [-0.25, -0.2) is 4.98 Å². The standard InChI is InChI=1S/C22H23N3O2/c1-3-4-5-8-14-27-20-12-7-6-10-18(20)25-22(26)21-16(2)15-19-17(24-21)11-9-13-23-19/h3,6-7,9-13,15H,1,4-5,8,14H2,2H3,(H,25,26). The molecular weight excluding hydrogens is 338 g/mol. The van der Waals surface area contributed by atoms with Gasteiger partial charge in [0, 0.05) is 6.20 Å². The van der Waals surface area contributed by atoms with Crippen molar-refractivity contribution >= 4 is 22.6 Å². The van der Waals surface area contributed by atoms with Crippen LogP contribution in [0.4, 0.5) is 5.69 Å². The summed E-state index contributed by atoms with van der Waals surface area (Å²) in [5, 5.41) is 2.92. The number of unbranched alkanes of at least 4 members (excludes halogenated alkanes) is 2. The highest BCUT2D eigenvalue weighted by Crippen LogP contribution is 2.25. The van der Waals surface area contributed by atoms with E-state index >= 15 is 0 Å². The summed E-state index contributed by atoms with van der Waals surface area (Å²) in [6.45, 7) is 6.18. The fourth-order valence-corrected chi connectivity index (χ4v) is 2.78. The van der Waals surface area contributed by atoms with Crippen molar-refractivity contribution in [1.82, 2.24) is 9.97 Å². The summed E-state index contributed by atoms with van der Waals surface area (Å²) in [4.78, 5) is 21.5. The van der Waals surface area contributed by atoms with Crippen LogP contribution in [0, 0.1) is 6.92 Å². The molecule has 0 aliphatic carbocycles. The van der Waals surface area contributed by atoms with Gasteiger partial charge in [-0.15, -0.1) is 6.58 Å². The average molecular weight is 361 g/mol. The zero-order chi connectivity index (χ0) is 19.1. The van der Waals surface area contributed by atoms with E-state index in [1.807, 2.05) is 55.5 Å². The lowest BCUT2D eigenvalue weighted by molar-refractivity contribution is 0.102. The molecule has 27 heavy (non-hydrogen) atoms. The van der Waals surface area contributed by atoms with Crippen molar-refractivity contribution in [2.24, 2.45) is 0 Å². The van der Waals surface area contributed by atoms with Crippen molar-refractivity contribution in [2.75, 3.05) is 11.9 Å². The Morgan fingerprint density at radius 1 is 1.19 bits per heavy atom. The Morgan fingerprint density at radius 3 is 2.89 bits per heavy atom. The molecule has 5 heteroatoms. The molecule has 3 aromatic rings. The lowest BCUT2D eigenvalue weighted by Crippen LogP contribution is -2.16. The molecule has 0 saturated heterocycles. The number of hydrogen-bond acceptors (Lipinski definition) is 4. The third kappa shape index (κ3) is 4.70. The Balaban J connectivity index is 1.74. The number of nitrogens with one attached hydrogen (secondary N) is 1. The van der Waals surface area contributed by atoms with Crippen LogP contribution in [0.1, 0.15) is 35.3 Å². The fraction of sp³-hybridized carbons (Fsp3) is 0.227. The van der Waals surface area contributed by atoms with Gasteiger partial charge >= 0.3 is 0 Å². The third-order valence-corrected chi connectivity index (χ3v) is 4.19. The van der Waals surface area contributed by atoms with Crippen molar-refractivity contribution in [2.45, 2.75) is 26.2 Å². The maximum atomic E-state index is 12.8. The van der Waals surface area contributed by atoms with E-state index < -0.39 is 0 Å². The van der Waals surface area contributed by atoms with E-state index in [4.69, 9.17) is 4.74 Å². The van der Waals surface area contributed by atoms with E-state index in [1.165, 1.54) is 0 Å². The largest absolute Gasteiger partial charge is 0.491 e. The molecule has 0 radical (unpaired) electrons. The second-order valence-corrected chi connectivity index (χ2v) is 6.28. The predicted octanol–water partition coefficient (Wildman–Crippen LogP) is 4.93. The molecule has 1 aromatic carbocycles. The minimum Gasteiger partial charge on any atom is -0.491 e. The van der Waals surface area contributed by atoms with Gasteiger partial charge in [0.2, 0.25) is 0 Å². The molecule has 0 saturated carbocycles. The maximum Gasteiger partial charge on any atom is 0.274 e. The van der Waals surface area contributed by atoms with Gasteiger partial charge < -0.3 is 10.1 Å². The number of amides is 1. The number of fused-ring (bicyclic) bond motifs is 1. The number of allylic oxidation sites excluding steroid dienone is 1. The van der Waals surface area contributed by atoms with Gasteiger partial charge in [-0.05, 0) is 62.1 Å². The normalized spacial score (nSPS) is 10.6. The molecule has 0 fully saturated rings. The monoisotopic (exact) mass is 361 g/mol. The van der Waals surface area contributed by atoms with Crippen molar-refractivity contribution < 1.29 is 9.53 Å². The van der Waals surface area contributed by atoms with Crippen LogP contribution in [0.5, 0.6) is 5.75 Å². The first kappa shape index (κ1) is 18.6. The van der Waals surface area contributed by atoms with Gasteiger partial charge in [-0.1, -0.05) is 18.2 Å². The zero-order valence-corrected chi connectivity index (χ0v) is 15.4. The Hall–Kier alpha value is -3.21. The molecule has 0 bridgehead atoms. The molecular formula is C22H23N3O2. The van der Waals surface area contributed by atoms with E-state index in [1.54, 1.807) is 6.20 Å². The number of anilines is 1. The average Bonchev–Trinajstić information content (AvgIpc) is 2.68. The molecule has 2 aromatic heterocycles. The number of para-hydroxylation sites is 2. The summed E-state index contributed by atoms with van der Waals surface area (Å²) in [5.74, 6) is 0.394. The summed E-state index contributed by atoms with van der Waals surface area (Å²) in [6.07, 6.45) is 6.57. The van der Waals surface area contributed by atoms with Crippen LogP contribution in [-0.4, -0.2) is 22.5 Å². The highest BCUT2D eigenvalue weighted by atomic mass is 16.5. The fourth-order valence-electron chi connectivity index (χ4n) is 2.78. The van der Waals surface area contributed by atoms with Gasteiger partial charge in [0.1, 0.15) is 11.4 Å². The summed E-state index contributed by atoms with van der Waals surface area (Å²) in [7, 11) is 0. The number of aryl methyl sites for hydroxylation is 1. The molecule has 0 unspecified atom stereocenters. The smallest absolute Gasteiger partial charge is 0.274 e. The first-order valence-electron chi connectivity index (χ1n) is 9.05. The highest BCUT2D eigenvalue weighted by molar-refractivity contribution is 6.05. The van der Waals surface area contributed by atoms with Crippen LogP contribution < -0.4 is 10.1 Å². The molecule has 0 spiro atoms. The topological polar surface area (TPSA) is 64.1 Å². The van der Waals surface area contributed by atoms with Gasteiger partial charge in [0.05, 0.1) is 23.3 Å². The molecule has 0 aliphatic rings. The number of nitrogens with zero attached hydrogens (tertiary/aromatic N) is 2. The minimum atomic E-state index is -0.263. The van der Waals surface area contributed by atoms with E-state index in [9.17, 15) is 4.79 Å². The predicted molar refractivity (Wildman–Crippen MR) is 108 cm³/mol. The highest BCUT2D eigenvalue weighted by Gasteiger charge is 2.15. The van der Waals surface area contributed by atoms with E-state index in [-0.39, 0.29) is 5.91 Å². The molecule has 138 valence electrons. The first-order valence-corrected chi connectivity index (χ1v) is 9.05. The first-order chi connectivity index (χ1) is 13.2. The number of benzene rings is 1. The lowest BCUT2D eigenvalue weighted by atomic mass is 10.1. The van der Waals surface area contributed by atoms with E-state index in [2.05, 4.69) is 21.9 Å². The van der Waals surface area contributed by atoms with Crippen molar-refractivity contribution in [3.05, 3.63) is 72.6 Å². The quantitative estimate of drug-likeness (QED) is 0.457. The molecule has 1 N–H and O–H groups in total. The van der Waals surface area contributed by atoms with Crippen LogP contribution in [0.3, 0.4) is 0 Å². The number of carbonyl (C=O) groups is 1. The summed E-state index contributed by atoms with van der Waals surface area (Å²) in [5.41, 5.74) is 3.27. The molecule has 2 heterocycles. The van der Waals surface area contributed by atoms with E-state index in [0.717, 1.165) is 30.3 Å². The second-order valence-electron chi connectivity index (χ2n) is 6.28. The van der Waals surface area contributed by atoms with Gasteiger partial charge in [0.25, 0.3) is 5.91 Å². The Bertz CT molecular complexity index is 953. The summed E-state index contributed by atoms with van der Waals surface area (Å²) < 4.78 is 5.84. The minimum absolute atomic E-state index is 0.263. The number of pyridine rings is 2. The number of aromatic nitrogens is 2. The zero-order valence-electron chi connectivity index (χ0n) is 15.4. The number of carbonyl (C=O) groups excluding carboxylic acids is 1. The number of hydrogen-bond donors (Lipinski definition) is 1. The molecule has 5 nitrogen and oxygen atoms in total. The van der Waals surface area contributed by atoms with Gasteiger partial charge in [0.15, 0.2) is 0 Å². The summed E-state index contributed by atoms with van der Waals surface area (Å²) in [6, 6.07) is 13.0. The Labute approximate surface area is 159 Å². The van der Waals surface area contributed by atoms with Gasteiger partial charge in [-0.3, -0.25) is 9.78 Å². The SMILES string of the molecule is C=CCCCCOc1ccccc1NC(=O)c1nc2cccnc2cc1C. The van der Waals surface area contributed by atoms with Crippen molar-refractivity contribution in [3.8, 4) is 5.75 Å². The number of ether oxygens (including phenoxy) is 1. The van der Waals surface area contributed by atoms with E-state index in [0.29, 0.717) is 29.3 Å². The van der Waals surface area contributed by atoms with Crippen molar-refractivity contribution in [3.63, 3.8) is 0 Å². The maximum absolute atomic E-state index is 12.8. The molecule has 0 atom stereocenters.